The zero-order valence-electron chi connectivity index (χ0n) is 36.0. The maximum Gasteiger partial charge on any atom is 0.136 e. The van der Waals surface area contributed by atoms with Crippen molar-refractivity contribution in [3.8, 4) is 44.5 Å². The number of anilines is 3. The second-order valence-electron chi connectivity index (χ2n) is 17.2. The molecule has 0 aliphatic carbocycles. The fraction of sp³-hybridized carbons (Fsp3) is 0. The first kappa shape index (κ1) is 37.8. The molecule has 0 radical (unpaired) electrons. The van der Waals surface area contributed by atoms with Crippen LogP contribution >= 0.6 is 0 Å². The molecule has 0 spiro atoms. The predicted molar refractivity (Wildman–Crippen MR) is 280 cm³/mol. The van der Waals surface area contributed by atoms with Crippen molar-refractivity contribution in [3.63, 3.8) is 0 Å². The Hall–Kier alpha value is -8.72. The normalized spacial score (nSPS) is 11.6. The lowest BCUT2D eigenvalue weighted by Gasteiger charge is -2.28. The Labute approximate surface area is 382 Å². The molecule has 0 aliphatic rings. The summed E-state index contributed by atoms with van der Waals surface area (Å²) in [5, 5.41) is 12.3. The van der Waals surface area contributed by atoms with E-state index >= 15 is 0 Å². The molecular formula is C64H41NO. The molecule has 308 valence electrons. The Morgan fingerprint density at radius 1 is 0.258 bits per heavy atom. The zero-order valence-corrected chi connectivity index (χ0v) is 36.0. The SMILES string of the molecule is c1cc(-c2ccc(-c3cccc4c3ccc3ccccc34)cc2)cc(N(c2ccc(-c3cccc4oc5ccccc5c34)cc2)c2ccccc2-c2ccc3ccc4ccccc4c3c2)c1. The van der Waals surface area contributed by atoms with Crippen LogP contribution in [0.25, 0.3) is 110 Å². The van der Waals surface area contributed by atoms with E-state index in [4.69, 9.17) is 4.42 Å². The first-order chi connectivity index (χ1) is 32.7. The van der Waals surface area contributed by atoms with Crippen molar-refractivity contribution in [2.75, 3.05) is 4.90 Å². The molecule has 2 heteroatoms. The maximum absolute atomic E-state index is 6.30. The highest BCUT2D eigenvalue weighted by Gasteiger charge is 2.20. The number of para-hydroxylation sites is 2. The second kappa shape index (κ2) is 15.5. The van der Waals surface area contributed by atoms with E-state index in [2.05, 4.69) is 241 Å². The Morgan fingerprint density at radius 3 is 1.64 bits per heavy atom. The molecule has 2 nitrogen and oxygen atoms in total. The van der Waals surface area contributed by atoms with Crippen LogP contribution in [0.3, 0.4) is 0 Å². The van der Waals surface area contributed by atoms with Crippen molar-refractivity contribution in [2.24, 2.45) is 0 Å². The first-order valence-electron chi connectivity index (χ1n) is 22.7. The first-order valence-corrected chi connectivity index (χ1v) is 22.7. The van der Waals surface area contributed by atoms with Gasteiger partial charge in [0.05, 0.1) is 5.69 Å². The van der Waals surface area contributed by atoms with E-state index in [1.807, 2.05) is 12.1 Å². The van der Waals surface area contributed by atoms with Crippen LogP contribution in [0, 0.1) is 0 Å². The molecule has 13 rings (SSSR count). The van der Waals surface area contributed by atoms with Crippen LogP contribution in [0.15, 0.2) is 253 Å². The number of benzene rings is 12. The number of rotatable bonds is 7. The Morgan fingerprint density at radius 2 is 0.803 bits per heavy atom. The zero-order chi connectivity index (χ0) is 43.6. The molecule has 1 aromatic heterocycles. The minimum atomic E-state index is 0.895. The van der Waals surface area contributed by atoms with Gasteiger partial charge in [0.15, 0.2) is 0 Å². The van der Waals surface area contributed by atoms with E-state index in [1.165, 1.54) is 59.8 Å². The quantitative estimate of drug-likeness (QED) is 0.149. The summed E-state index contributed by atoms with van der Waals surface area (Å²) in [7, 11) is 0. The van der Waals surface area contributed by atoms with Gasteiger partial charge < -0.3 is 9.32 Å². The van der Waals surface area contributed by atoms with Crippen LogP contribution in [-0.4, -0.2) is 0 Å². The third-order valence-electron chi connectivity index (χ3n) is 13.5. The molecule has 0 amide bonds. The molecule has 0 atom stereocenters. The molecule has 13 aromatic rings. The number of fused-ring (bicyclic) bond motifs is 9. The van der Waals surface area contributed by atoms with Crippen molar-refractivity contribution < 1.29 is 4.42 Å². The van der Waals surface area contributed by atoms with Crippen molar-refractivity contribution in [1.29, 1.82) is 0 Å². The van der Waals surface area contributed by atoms with Crippen molar-refractivity contribution in [3.05, 3.63) is 249 Å². The third kappa shape index (κ3) is 6.34. The summed E-state index contributed by atoms with van der Waals surface area (Å²) in [6.07, 6.45) is 0. The summed E-state index contributed by atoms with van der Waals surface area (Å²) in [5.41, 5.74) is 14.4. The average molecular weight is 840 g/mol. The number of hydrogen-bond acceptors (Lipinski definition) is 2. The summed E-state index contributed by atoms with van der Waals surface area (Å²) in [6, 6.07) is 90.4. The molecule has 0 unspecified atom stereocenters. The molecule has 0 fully saturated rings. The monoisotopic (exact) mass is 839 g/mol. The fourth-order valence-corrected chi connectivity index (χ4v) is 10.3. The van der Waals surface area contributed by atoms with Gasteiger partial charge in [-0.15, -0.1) is 0 Å². The Kier molecular flexibility index (Phi) is 8.89. The van der Waals surface area contributed by atoms with Crippen molar-refractivity contribution >= 4 is 82.1 Å². The van der Waals surface area contributed by atoms with E-state index < -0.39 is 0 Å². The topological polar surface area (TPSA) is 16.4 Å². The molecule has 0 N–H and O–H groups in total. The summed E-state index contributed by atoms with van der Waals surface area (Å²) in [4.78, 5) is 2.42. The molecule has 0 saturated carbocycles. The number of nitrogens with zero attached hydrogens (tertiary/aromatic N) is 1. The van der Waals surface area contributed by atoms with Gasteiger partial charge in [0.2, 0.25) is 0 Å². The van der Waals surface area contributed by atoms with E-state index in [0.29, 0.717) is 0 Å². The molecule has 66 heavy (non-hydrogen) atoms. The van der Waals surface area contributed by atoms with E-state index in [-0.39, 0.29) is 0 Å². The number of furan rings is 1. The average Bonchev–Trinajstić information content (AvgIpc) is 3.78. The van der Waals surface area contributed by atoms with Crippen LogP contribution in [0.5, 0.6) is 0 Å². The van der Waals surface area contributed by atoms with Gasteiger partial charge >= 0.3 is 0 Å². The van der Waals surface area contributed by atoms with Gasteiger partial charge in [0.1, 0.15) is 11.2 Å². The minimum Gasteiger partial charge on any atom is -0.456 e. The van der Waals surface area contributed by atoms with Gasteiger partial charge in [0.25, 0.3) is 0 Å². The van der Waals surface area contributed by atoms with Crippen LogP contribution in [0.4, 0.5) is 17.1 Å². The lowest BCUT2D eigenvalue weighted by Crippen LogP contribution is -2.11. The van der Waals surface area contributed by atoms with E-state index in [9.17, 15) is 0 Å². The molecular weight excluding hydrogens is 799 g/mol. The second-order valence-corrected chi connectivity index (χ2v) is 17.2. The van der Waals surface area contributed by atoms with Crippen LogP contribution < -0.4 is 4.90 Å². The van der Waals surface area contributed by atoms with Crippen LogP contribution in [0.2, 0.25) is 0 Å². The molecule has 0 bridgehead atoms. The van der Waals surface area contributed by atoms with Crippen molar-refractivity contribution in [2.45, 2.75) is 0 Å². The lowest BCUT2D eigenvalue weighted by atomic mass is 9.93. The van der Waals surface area contributed by atoms with Gasteiger partial charge in [-0.05, 0) is 131 Å². The molecule has 12 aromatic carbocycles. The molecule has 0 saturated heterocycles. The standard InChI is InChI=1S/C64H41NO/c1-3-16-52-44(13-1)36-39-58-53(20-10-22-57(52)58)45-28-26-42(27-29-45)48-14-9-15-51(40-48)65(50-37-34-46(35-38-50)56-21-11-25-63-64(56)59-19-6-8-24-62(59)66-63)61-23-7-5-18-55(61)49-33-32-47-31-30-43-12-2-4-17-54(43)60(47)41-49/h1-41H. The molecule has 1 heterocycles. The molecule has 0 aliphatic heterocycles. The Balaban J connectivity index is 0.935. The van der Waals surface area contributed by atoms with Gasteiger partial charge in [0, 0.05) is 27.7 Å². The minimum absolute atomic E-state index is 0.895. The predicted octanol–water partition coefficient (Wildman–Crippen LogP) is 18.3. The van der Waals surface area contributed by atoms with Gasteiger partial charge in [-0.1, -0.05) is 200 Å². The highest BCUT2D eigenvalue weighted by molar-refractivity contribution is 6.14. The summed E-state index contributed by atoms with van der Waals surface area (Å²) in [5.74, 6) is 0. The maximum atomic E-state index is 6.30. The highest BCUT2D eigenvalue weighted by Crippen LogP contribution is 2.45. The fourth-order valence-electron chi connectivity index (χ4n) is 10.3. The van der Waals surface area contributed by atoms with Crippen LogP contribution in [0.1, 0.15) is 0 Å². The van der Waals surface area contributed by atoms with Crippen molar-refractivity contribution in [1.82, 2.24) is 0 Å². The summed E-state index contributed by atoms with van der Waals surface area (Å²) >= 11 is 0. The summed E-state index contributed by atoms with van der Waals surface area (Å²) in [6.45, 7) is 0. The van der Waals surface area contributed by atoms with Crippen LogP contribution in [-0.2, 0) is 0 Å². The lowest BCUT2D eigenvalue weighted by molar-refractivity contribution is 0.669. The highest BCUT2D eigenvalue weighted by atomic mass is 16.3. The van der Waals surface area contributed by atoms with Gasteiger partial charge in [-0.25, -0.2) is 0 Å². The Bertz CT molecular complexity index is 3990. The van der Waals surface area contributed by atoms with E-state index in [1.54, 1.807) is 0 Å². The smallest absolute Gasteiger partial charge is 0.136 e. The van der Waals surface area contributed by atoms with Gasteiger partial charge in [-0.2, -0.15) is 0 Å². The number of hydrogen-bond donors (Lipinski definition) is 0. The van der Waals surface area contributed by atoms with E-state index in [0.717, 1.165) is 66.8 Å². The summed E-state index contributed by atoms with van der Waals surface area (Å²) < 4.78 is 6.30. The largest absolute Gasteiger partial charge is 0.456 e. The third-order valence-corrected chi connectivity index (χ3v) is 13.5. The van der Waals surface area contributed by atoms with Gasteiger partial charge in [-0.3, -0.25) is 0 Å².